The lowest BCUT2D eigenvalue weighted by Gasteiger charge is -2.19. The third-order valence-corrected chi connectivity index (χ3v) is 7.72. The number of hydrogen-bond acceptors (Lipinski definition) is 7. The highest BCUT2D eigenvalue weighted by atomic mass is 35.5. The monoisotopic (exact) mass is 481 g/mol. The number of ether oxygens (including phenoxy) is 1. The number of aromatic nitrogens is 2. The van der Waals surface area contributed by atoms with E-state index in [1.807, 2.05) is 13.0 Å². The maximum atomic E-state index is 15.9. The van der Waals surface area contributed by atoms with Gasteiger partial charge in [0.2, 0.25) is 0 Å². The number of thiophene rings is 1. The molecule has 0 saturated carbocycles. The van der Waals surface area contributed by atoms with Gasteiger partial charge in [0.25, 0.3) is 0 Å². The lowest BCUT2D eigenvalue weighted by molar-refractivity contribution is 0.188. The first-order valence-electron chi connectivity index (χ1n) is 10.6. The number of nitrogen functional groups attached to an aromatic ring is 1. The molecule has 5 rings (SSSR count). The fourth-order valence-electron chi connectivity index (χ4n) is 4.44. The molecule has 0 radical (unpaired) electrons. The van der Waals surface area contributed by atoms with Crippen LogP contribution in [0.2, 0.25) is 5.02 Å². The van der Waals surface area contributed by atoms with Crippen molar-refractivity contribution in [1.82, 2.24) is 14.9 Å². The van der Waals surface area contributed by atoms with Gasteiger partial charge in [-0.05, 0) is 50.6 Å². The van der Waals surface area contributed by atoms with Crippen molar-refractivity contribution in [3.8, 4) is 23.2 Å². The van der Waals surface area contributed by atoms with Crippen LogP contribution >= 0.6 is 22.9 Å². The Morgan fingerprint density at radius 3 is 2.97 bits per heavy atom. The lowest BCUT2D eigenvalue weighted by Crippen LogP contribution is -2.30. The molecule has 0 unspecified atom stereocenters. The van der Waals surface area contributed by atoms with Gasteiger partial charge >= 0.3 is 6.01 Å². The van der Waals surface area contributed by atoms with Crippen LogP contribution in [0, 0.1) is 24.1 Å². The second kappa shape index (κ2) is 8.41. The minimum absolute atomic E-state index is 0.120. The van der Waals surface area contributed by atoms with Gasteiger partial charge in [-0.1, -0.05) is 23.7 Å². The number of hydrogen-bond donors (Lipinski definition) is 1. The summed E-state index contributed by atoms with van der Waals surface area (Å²) in [6.45, 7) is 3.41. The van der Waals surface area contributed by atoms with Gasteiger partial charge in [0, 0.05) is 33.3 Å². The molecule has 3 heterocycles. The van der Waals surface area contributed by atoms with Crippen LogP contribution < -0.4 is 10.5 Å². The van der Waals surface area contributed by atoms with Gasteiger partial charge in [0.05, 0.1) is 10.6 Å². The number of rotatable bonds is 4. The number of likely N-dealkylation sites (tertiary alicyclic amines) is 1. The summed E-state index contributed by atoms with van der Waals surface area (Å²) in [5.41, 5.74) is 8.19. The van der Waals surface area contributed by atoms with Crippen LogP contribution in [0.25, 0.3) is 32.1 Å². The summed E-state index contributed by atoms with van der Waals surface area (Å²) in [5.74, 6) is -0.582. The molecule has 0 bridgehead atoms. The van der Waals surface area contributed by atoms with Crippen LogP contribution in [0.15, 0.2) is 24.4 Å². The van der Waals surface area contributed by atoms with Crippen LogP contribution in [0.1, 0.15) is 24.0 Å². The van der Waals surface area contributed by atoms with Crippen molar-refractivity contribution >= 4 is 48.9 Å². The van der Waals surface area contributed by atoms with Gasteiger partial charge in [-0.25, -0.2) is 9.37 Å². The first-order chi connectivity index (χ1) is 15.9. The second-order valence-electron chi connectivity index (χ2n) is 8.31. The highest BCUT2D eigenvalue weighted by Crippen LogP contribution is 2.44. The van der Waals surface area contributed by atoms with E-state index in [4.69, 9.17) is 22.1 Å². The number of anilines is 1. The van der Waals surface area contributed by atoms with E-state index in [1.165, 1.54) is 17.5 Å². The largest absolute Gasteiger partial charge is 0.462 e. The van der Waals surface area contributed by atoms with E-state index < -0.39 is 5.82 Å². The molecule has 2 aromatic carbocycles. The molecule has 4 aromatic rings. The number of likely N-dealkylation sites (N-methyl/N-ethyl adjacent to an activating group) is 1. The van der Waals surface area contributed by atoms with Crippen molar-refractivity contribution < 1.29 is 9.13 Å². The fourth-order valence-corrected chi connectivity index (χ4v) is 5.75. The molecule has 9 heteroatoms. The maximum Gasteiger partial charge on any atom is 0.317 e. The molecule has 1 saturated heterocycles. The molecular formula is C24H21ClFN5OS. The summed E-state index contributed by atoms with van der Waals surface area (Å²) in [6.07, 6.45) is 3.69. The number of halogens is 2. The zero-order valence-electron chi connectivity index (χ0n) is 18.2. The van der Waals surface area contributed by atoms with E-state index in [0.717, 1.165) is 29.6 Å². The molecule has 1 aliphatic rings. The number of nitriles is 1. The first-order valence-corrected chi connectivity index (χ1v) is 11.8. The van der Waals surface area contributed by atoms with Crippen molar-refractivity contribution in [3.05, 3.63) is 46.4 Å². The van der Waals surface area contributed by atoms with Crippen LogP contribution in [-0.4, -0.2) is 41.1 Å². The average molecular weight is 482 g/mol. The topological polar surface area (TPSA) is 88.1 Å². The standard InChI is InChI=1S/C24H21ClFN5OS/c1-12-5-6-15(18-16(9-27)23(28)33-22(12)18)19-17(25)8-13-10-29-24(30-21(13)20(19)26)32-11-14-4-3-7-31(14)2/h5-6,8,10,14H,3-4,7,11,28H2,1-2H3/t14-/m1/s1. The Hall–Kier alpha value is -2.99. The van der Waals surface area contributed by atoms with Crippen LogP contribution in [-0.2, 0) is 0 Å². The minimum atomic E-state index is -0.582. The Kier molecular flexibility index (Phi) is 5.57. The molecule has 1 aliphatic heterocycles. The number of fused-ring (bicyclic) bond motifs is 2. The molecule has 0 aliphatic carbocycles. The van der Waals surface area contributed by atoms with Gasteiger partial charge < -0.3 is 15.4 Å². The normalized spacial score (nSPS) is 16.5. The summed E-state index contributed by atoms with van der Waals surface area (Å²) in [5, 5.41) is 11.4. The van der Waals surface area contributed by atoms with Crippen molar-refractivity contribution in [3.63, 3.8) is 0 Å². The number of benzene rings is 2. The Morgan fingerprint density at radius 1 is 1.42 bits per heavy atom. The van der Waals surface area contributed by atoms with E-state index in [0.29, 0.717) is 39.5 Å². The molecule has 1 atom stereocenters. The zero-order chi connectivity index (χ0) is 23.3. The molecule has 1 fully saturated rings. The Labute approximate surface area is 199 Å². The Morgan fingerprint density at radius 2 is 2.24 bits per heavy atom. The maximum absolute atomic E-state index is 15.9. The van der Waals surface area contributed by atoms with E-state index in [2.05, 4.69) is 28.0 Å². The van der Waals surface area contributed by atoms with Crippen molar-refractivity contribution in [2.75, 3.05) is 25.9 Å². The SMILES string of the molecule is Cc1ccc(-c2c(Cl)cc3cnc(OC[C@H]4CCCN4C)nc3c2F)c2c(C#N)c(N)sc12. The molecule has 168 valence electrons. The van der Waals surface area contributed by atoms with Gasteiger partial charge in [-0.15, -0.1) is 11.3 Å². The average Bonchev–Trinajstić information content (AvgIpc) is 3.36. The molecular weight excluding hydrogens is 461 g/mol. The second-order valence-corrected chi connectivity index (χ2v) is 9.77. The number of aryl methyl sites for hydroxylation is 1. The van der Waals surface area contributed by atoms with Gasteiger partial charge in [0.1, 0.15) is 23.2 Å². The van der Waals surface area contributed by atoms with Gasteiger partial charge in [-0.3, -0.25) is 0 Å². The predicted octanol–water partition coefficient (Wildman–Crippen LogP) is 5.54. The zero-order valence-corrected chi connectivity index (χ0v) is 19.7. The molecule has 2 aromatic heterocycles. The number of nitrogens with two attached hydrogens (primary N) is 1. The molecule has 2 N–H and O–H groups in total. The lowest BCUT2D eigenvalue weighted by atomic mass is 9.96. The van der Waals surface area contributed by atoms with E-state index in [1.54, 1.807) is 12.1 Å². The molecule has 0 amide bonds. The third kappa shape index (κ3) is 3.66. The molecule has 6 nitrogen and oxygen atoms in total. The minimum Gasteiger partial charge on any atom is -0.462 e. The highest BCUT2D eigenvalue weighted by Gasteiger charge is 2.24. The highest BCUT2D eigenvalue weighted by molar-refractivity contribution is 7.23. The van der Waals surface area contributed by atoms with Crippen LogP contribution in [0.5, 0.6) is 6.01 Å². The van der Waals surface area contributed by atoms with Gasteiger partial charge in [0.15, 0.2) is 5.82 Å². The molecule has 0 spiro atoms. The van der Waals surface area contributed by atoms with Crippen LogP contribution in [0.3, 0.4) is 0 Å². The van der Waals surface area contributed by atoms with E-state index in [9.17, 15) is 5.26 Å². The summed E-state index contributed by atoms with van der Waals surface area (Å²) in [6, 6.07) is 7.87. The van der Waals surface area contributed by atoms with E-state index >= 15 is 4.39 Å². The Balaban J connectivity index is 1.64. The first kappa shape index (κ1) is 21.8. The quantitative estimate of drug-likeness (QED) is 0.411. The summed E-state index contributed by atoms with van der Waals surface area (Å²) in [4.78, 5) is 10.8. The smallest absolute Gasteiger partial charge is 0.317 e. The predicted molar refractivity (Wildman–Crippen MR) is 130 cm³/mol. The summed E-state index contributed by atoms with van der Waals surface area (Å²) in [7, 11) is 2.06. The third-order valence-electron chi connectivity index (χ3n) is 6.26. The number of nitrogens with zero attached hydrogens (tertiary/aromatic N) is 4. The molecule has 33 heavy (non-hydrogen) atoms. The van der Waals surface area contributed by atoms with Crippen LogP contribution in [0.4, 0.5) is 9.39 Å². The van der Waals surface area contributed by atoms with E-state index in [-0.39, 0.29) is 22.1 Å². The summed E-state index contributed by atoms with van der Waals surface area (Å²) < 4.78 is 22.6. The summed E-state index contributed by atoms with van der Waals surface area (Å²) >= 11 is 7.86. The fraction of sp³-hybridized carbons (Fsp3) is 0.292. The Bertz CT molecular complexity index is 1450. The van der Waals surface area contributed by atoms with Crippen molar-refractivity contribution in [2.24, 2.45) is 0 Å². The van der Waals surface area contributed by atoms with Crippen molar-refractivity contribution in [1.29, 1.82) is 5.26 Å². The van der Waals surface area contributed by atoms with Gasteiger partial charge in [-0.2, -0.15) is 10.2 Å². The van der Waals surface area contributed by atoms with Crippen molar-refractivity contribution in [2.45, 2.75) is 25.8 Å².